The van der Waals surface area contributed by atoms with Crippen molar-refractivity contribution in [1.82, 2.24) is 9.78 Å². The summed E-state index contributed by atoms with van der Waals surface area (Å²) in [5.41, 5.74) is 1.74. The Bertz CT molecular complexity index is 611. The minimum absolute atomic E-state index is 0.142. The number of ether oxygens (including phenoxy) is 1. The van der Waals surface area contributed by atoms with Gasteiger partial charge in [-0.15, -0.1) is 0 Å². The van der Waals surface area contributed by atoms with Crippen LogP contribution in [0.5, 0.6) is 0 Å². The Morgan fingerprint density at radius 1 is 1.48 bits per heavy atom. The summed E-state index contributed by atoms with van der Waals surface area (Å²) in [7, 11) is 0. The standard InChI is InChI=1S/C15H17ClFN3O/c16-14-4-3-11(6-15(14)17)7-18-12-8-19-20(9-12)10-13-2-1-5-21-13/h3-4,6,8-9,13,18H,1-2,5,7,10H2. The van der Waals surface area contributed by atoms with Crippen LogP contribution in [0.2, 0.25) is 5.02 Å². The topological polar surface area (TPSA) is 39.1 Å². The zero-order valence-corrected chi connectivity index (χ0v) is 12.3. The molecular formula is C15H17ClFN3O. The first-order valence-corrected chi connectivity index (χ1v) is 7.40. The quantitative estimate of drug-likeness (QED) is 0.919. The second-order valence-corrected chi connectivity index (χ2v) is 5.60. The number of hydrogen-bond donors (Lipinski definition) is 1. The molecule has 1 aromatic heterocycles. The molecule has 4 nitrogen and oxygen atoms in total. The number of benzene rings is 1. The molecule has 0 saturated carbocycles. The van der Waals surface area contributed by atoms with Crippen LogP contribution in [0, 0.1) is 5.82 Å². The second-order valence-electron chi connectivity index (χ2n) is 5.19. The third kappa shape index (κ3) is 3.74. The highest BCUT2D eigenvalue weighted by atomic mass is 35.5. The van der Waals surface area contributed by atoms with E-state index < -0.39 is 5.82 Å². The molecule has 0 bridgehead atoms. The number of rotatable bonds is 5. The Hall–Kier alpha value is -1.59. The van der Waals surface area contributed by atoms with E-state index in [1.54, 1.807) is 18.3 Å². The molecule has 2 heterocycles. The summed E-state index contributed by atoms with van der Waals surface area (Å²) in [4.78, 5) is 0. The van der Waals surface area contributed by atoms with Crippen molar-refractivity contribution >= 4 is 17.3 Å². The van der Waals surface area contributed by atoms with E-state index in [0.717, 1.165) is 37.2 Å². The number of halogens is 2. The average molecular weight is 310 g/mol. The normalized spacial score (nSPS) is 18.1. The largest absolute Gasteiger partial charge is 0.378 e. The monoisotopic (exact) mass is 309 g/mol. The fourth-order valence-electron chi connectivity index (χ4n) is 2.41. The first kappa shape index (κ1) is 14.4. The summed E-state index contributed by atoms with van der Waals surface area (Å²) in [5.74, 6) is -0.398. The van der Waals surface area contributed by atoms with E-state index in [1.807, 2.05) is 10.9 Å². The van der Waals surface area contributed by atoms with Crippen LogP contribution in [-0.2, 0) is 17.8 Å². The lowest BCUT2D eigenvalue weighted by molar-refractivity contribution is 0.0940. The molecule has 1 atom stereocenters. The minimum atomic E-state index is -0.398. The SMILES string of the molecule is Fc1cc(CNc2cnn(CC3CCCO3)c2)ccc1Cl. The lowest BCUT2D eigenvalue weighted by Gasteiger charge is -2.08. The van der Waals surface area contributed by atoms with Crippen LogP contribution >= 0.6 is 11.6 Å². The lowest BCUT2D eigenvalue weighted by atomic mass is 10.2. The lowest BCUT2D eigenvalue weighted by Crippen LogP contribution is -2.15. The van der Waals surface area contributed by atoms with Crippen molar-refractivity contribution in [1.29, 1.82) is 0 Å². The van der Waals surface area contributed by atoms with Crippen molar-refractivity contribution in [3.05, 3.63) is 47.0 Å². The molecule has 1 saturated heterocycles. The Labute approximate surface area is 127 Å². The molecule has 1 N–H and O–H groups in total. The number of anilines is 1. The Morgan fingerprint density at radius 2 is 2.38 bits per heavy atom. The zero-order chi connectivity index (χ0) is 14.7. The molecule has 1 aliphatic heterocycles. The first-order valence-electron chi connectivity index (χ1n) is 7.02. The highest BCUT2D eigenvalue weighted by Gasteiger charge is 2.16. The number of hydrogen-bond acceptors (Lipinski definition) is 3. The summed E-state index contributed by atoms with van der Waals surface area (Å²) in [6.45, 7) is 2.15. The van der Waals surface area contributed by atoms with Gasteiger partial charge in [0.1, 0.15) is 5.82 Å². The van der Waals surface area contributed by atoms with Gasteiger partial charge in [0.05, 0.1) is 29.6 Å². The maximum Gasteiger partial charge on any atom is 0.142 e. The second kappa shape index (κ2) is 6.45. The predicted molar refractivity (Wildman–Crippen MR) is 79.9 cm³/mol. The van der Waals surface area contributed by atoms with Crippen LogP contribution < -0.4 is 5.32 Å². The summed E-state index contributed by atoms with van der Waals surface area (Å²) in [5, 5.41) is 7.66. The Balaban J connectivity index is 1.55. The fourth-order valence-corrected chi connectivity index (χ4v) is 2.52. The van der Waals surface area contributed by atoms with Gasteiger partial charge in [0.15, 0.2) is 0 Å². The molecule has 6 heteroatoms. The van der Waals surface area contributed by atoms with Crippen LogP contribution in [0.25, 0.3) is 0 Å². The summed E-state index contributed by atoms with van der Waals surface area (Å²) >= 11 is 5.66. The van der Waals surface area contributed by atoms with Gasteiger partial charge in [-0.25, -0.2) is 4.39 Å². The molecule has 112 valence electrons. The molecule has 1 fully saturated rings. The van der Waals surface area contributed by atoms with Crippen LogP contribution in [0.1, 0.15) is 18.4 Å². The van der Waals surface area contributed by atoms with Gasteiger partial charge in [0.2, 0.25) is 0 Å². The number of nitrogens with one attached hydrogen (secondary N) is 1. The molecule has 0 radical (unpaired) electrons. The van der Waals surface area contributed by atoms with Crippen molar-refractivity contribution in [2.24, 2.45) is 0 Å². The van der Waals surface area contributed by atoms with Gasteiger partial charge in [0, 0.05) is 19.3 Å². The summed E-state index contributed by atoms with van der Waals surface area (Å²) in [6.07, 6.45) is 6.18. The van der Waals surface area contributed by atoms with Crippen LogP contribution in [-0.4, -0.2) is 22.5 Å². The van der Waals surface area contributed by atoms with Gasteiger partial charge in [0.25, 0.3) is 0 Å². The van der Waals surface area contributed by atoms with Gasteiger partial charge in [-0.05, 0) is 30.5 Å². The van der Waals surface area contributed by atoms with Crippen molar-refractivity contribution in [2.75, 3.05) is 11.9 Å². The van der Waals surface area contributed by atoms with Gasteiger partial charge in [-0.3, -0.25) is 4.68 Å². The first-order chi connectivity index (χ1) is 10.2. The molecule has 0 aliphatic carbocycles. The zero-order valence-electron chi connectivity index (χ0n) is 11.6. The van der Waals surface area contributed by atoms with E-state index in [2.05, 4.69) is 10.4 Å². The van der Waals surface area contributed by atoms with Crippen molar-refractivity contribution in [3.8, 4) is 0 Å². The van der Waals surface area contributed by atoms with E-state index in [4.69, 9.17) is 16.3 Å². The van der Waals surface area contributed by atoms with E-state index in [0.29, 0.717) is 6.54 Å². The Morgan fingerprint density at radius 3 is 3.14 bits per heavy atom. The van der Waals surface area contributed by atoms with Gasteiger partial charge >= 0.3 is 0 Å². The fraction of sp³-hybridized carbons (Fsp3) is 0.400. The molecule has 2 aromatic rings. The van der Waals surface area contributed by atoms with Gasteiger partial charge in [-0.1, -0.05) is 17.7 Å². The molecule has 3 rings (SSSR count). The third-order valence-corrected chi connectivity index (χ3v) is 3.84. The van der Waals surface area contributed by atoms with Crippen molar-refractivity contribution in [2.45, 2.75) is 32.0 Å². The predicted octanol–water partition coefficient (Wildman–Crippen LogP) is 3.47. The molecule has 1 aromatic carbocycles. The highest BCUT2D eigenvalue weighted by molar-refractivity contribution is 6.30. The smallest absolute Gasteiger partial charge is 0.142 e. The van der Waals surface area contributed by atoms with Crippen molar-refractivity contribution in [3.63, 3.8) is 0 Å². The van der Waals surface area contributed by atoms with Crippen LogP contribution in [0.15, 0.2) is 30.6 Å². The molecule has 1 unspecified atom stereocenters. The molecule has 0 spiro atoms. The van der Waals surface area contributed by atoms with Crippen LogP contribution in [0.4, 0.5) is 10.1 Å². The maximum atomic E-state index is 13.3. The molecule has 0 amide bonds. The van der Waals surface area contributed by atoms with E-state index in [9.17, 15) is 4.39 Å². The van der Waals surface area contributed by atoms with Gasteiger partial charge < -0.3 is 10.1 Å². The number of nitrogens with zero attached hydrogens (tertiary/aromatic N) is 2. The highest BCUT2D eigenvalue weighted by Crippen LogP contribution is 2.17. The number of aromatic nitrogens is 2. The molecule has 21 heavy (non-hydrogen) atoms. The van der Waals surface area contributed by atoms with Gasteiger partial charge in [-0.2, -0.15) is 5.10 Å². The van der Waals surface area contributed by atoms with E-state index in [-0.39, 0.29) is 11.1 Å². The minimum Gasteiger partial charge on any atom is -0.378 e. The maximum absolute atomic E-state index is 13.3. The summed E-state index contributed by atoms with van der Waals surface area (Å²) in [6, 6.07) is 4.80. The molecule has 1 aliphatic rings. The summed E-state index contributed by atoms with van der Waals surface area (Å²) < 4.78 is 20.8. The Kier molecular flexibility index (Phi) is 4.41. The van der Waals surface area contributed by atoms with Crippen molar-refractivity contribution < 1.29 is 9.13 Å². The third-order valence-electron chi connectivity index (χ3n) is 3.53. The van der Waals surface area contributed by atoms with Crippen LogP contribution in [0.3, 0.4) is 0 Å². The molecular weight excluding hydrogens is 293 g/mol. The van der Waals surface area contributed by atoms with E-state index in [1.165, 1.54) is 6.07 Å². The van der Waals surface area contributed by atoms with E-state index >= 15 is 0 Å². The average Bonchev–Trinajstić information content (AvgIpc) is 3.13.